The van der Waals surface area contributed by atoms with E-state index in [0.717, 1.165) is 25.2 Å². The van der Waals surface area contributed by atoms with Gasteiger partial charge in [-0.05, 0) is 31.2 Å². The first-order valence-corrected chi connectivity index (χ1v) is 7.02. The minimum absolute atomic E-state index is 0. The summed E-state index contributed by atoms with van der Waals surface area (Å²) in [6.07, 6.45) is 2.56. The van der Waals surface area contributed by atoms with Crippen LogP contribution in [-0.4, -0.2) is 24.0 Å². The van der Waals surface area contributed by atoms with Crippen LogP contribution in [0.15, 0.2) is 48.7 Å². The van der Waals surface area contributed by atoms with Gasteiger partial charge in [-0.15, -0.1) is 24.8 Å². The van der Waals surface area contributed by atoms with Gasteiger partial charge < -0.3 is 15.4 Å². The summed E-state index contributed by atoms with van der Waals surface area (Å²) in [4.78, 5) is 16.2. The second-order valence-electron chi connectivity index (χ2n) is 4.98. The molecule has 0 saturated carbocycles. The molecule has 0 aliphatic carbocycles. The Morgan fingerprint density at radius 3 is 2.78 bits per heavy atom. The molecule has 1 aliphatic heterocycles. The molecule has 1 aromatic carbocycles. The normalized spacial score (nSPS) is 15.9. The summed E-state index contributed by atoms with van der Waals surface area (Å²) in [5.74, 6) is 1.28. The second kappa shape index (κ2) is 9.35. The summed E-state index contributed by atoms with van der Waals surface area (Å²) in [6.45, 7) is 1.65. The summed E-state index contributed by atoms with van der Waals surface area (Å²) in [7, 11) is 0. The summed E-state index contributed by atoms with van der Waals surface area (Å²) < 4.78 is 5.65. The van der Waals surface area contributed by atoms with Crippen LogP contribution in [0.1, 0.15) is 6.42 Å². The standard InChI is InChI=1S/C16H17N3O2.2ClH/c20-16(12-7-9-17-11-12)19-13-4-3-5-14(10-13)21-15-6-1-2-8-18-15;;/h1-6,8,10,12,17H,7,9,11H2,(H,19,20);2*1H. The number of ether oxygens (including phenoxy) is 1. The van der Waals surface area contributed by atoms with Crippen LogP contribution in [0.2, 0.25) is 0 Å². The molecule has 3 rings (SSSR count). The number of carbonyl (C=O) groups excluding carboxylic acids is 1. The van der Waals surface area contributed by atoms with Crippen LogP contribution >= 0.6 is 24.8 Å². The van der Waals surface area contributed by atoms with Crippen molar-refractivity contribution in [2.75, 3.05) is 18.4 Å². The molecule has 1 aliphatic rings. The minimum atomic E-state index is 0. The van der Waals surface area contributed by atoms with Gasteiger partial charge in [-0.1, -0.05) is 12.1 Å². The van der Waals surface area contributed by atoms with Crippen LogP contribution in [0.25, 0.3) is 0 Å². The van der Waals surface area contributed by atoms with Gasteiger partial charge in [0.1, 0.15) is 5.75 Å². The third kappa shape index (κ3) is 5.39. The van der Waals surface area contributed by atoms with Crippen LogP contribution in [0.5, 0.6) is 11.6 Å². The smallest absolute Gasteiger partial charge is 0.228 e. The zero-order valence-electron chi connectivity index (χ0n) is 12.4. The number of rotatable bonds is 4. The number of aromatic nitrogens is 1. The number of nitrogens with zero attached hydrogens (tertiary/aromatic N) is 1. The molecular formula is C16H19Cl2N3O2. The van der Waals surface area contributed by atoms with Gasteiger partial charge in [0.15, 0.2) is 0 Å². The van der Waals surface area contributed by atoms with Gasteiger partial charge in [0, 0.05) is 30.6 Å². The average molecular weight is 356 g/mol. The molecule has 0 radical (unpaired) electrons. The first kappa shape index (κ1) is 19.2. The average Bonchev–Trinajstić information content (AvgIpc) is 3.03. The van der Waals surface area contributed by atoms with E-state index in [9.17, 15) is 4.79 Å². The Bertz CT molecular complexity index is 620. The highest BCUT2D eigenvalue weighted by Gasteiger charge is 2.22. The fraction of sp³-hybridized carbons (Fsp3) is 0.250. The van der Waals surface area contributed by atoms with Gasteiger partial charge in [-0.2, -0.15) is 0 Å². The predicted molar refractivity (Wildman–Crippen MR) is 94.9 cm³/mol. The molecule has 2 heterocycles. The zero-order chi connectivity index (χ0) is 14.5. The number of amides is 1. The van der Waals surface area contributed by atoms with E-state index in [0.29, 0.717) is 11.6 Å². The number of hydrogen-bond acceptors (Lipinski definition) is 4. The highest BCUT2D eigenvalue weighted by molar-refractivity contribution is 5.93. The largest absolute Gasteiger partial charge is 0.439 e. The molecule has 124 valence electrons. The molecule has 23 heavy (non-hydrogen) atoms. The fourth-order valence-corrected chi connectivity index (χ4v) is 2.29. The number of hydrogen-bond donors (Lipinski definition) is 2. The molecule has 5 nitrogen and oxygen atoms in total. The van der Waals surface area contributed by atoms with Gasteiger partial charge >= 0.3 is 0 Å². The summed E-state index contributed by atoms with van der Waals surface area (Å²) in [5.41, 5.74) is 0.736. The van der Waals surface area contributed by atoms with Gasteiger partial charge in [-0.25, -0.2) is 4.98 Å². The Kier molecular flexibility index (Phi) is 7.81. The lowest BCUT2D eigenvalue weighted by Gasteiger charge is -2.11. The summed E-state index contributed by atoms with van der Waals surface area (Å²) in [6, 6.07) is 12.8. The maximum absolute atomic E-state index is 12.1. The van der Waals surface area contributed by atoms with Gasteiger partial charge in [0.2, 0.25) is 11.8 Å². The van der Waals surface area contributed by atoms with Crippen LogP contribution in [0, 0.1) is 5.92 Å². The van der Waals surface area contributed by atoms with Crippen molar-refractivity contribution in [1.29, 1.82) is 0 Å². The second-order valence-corrected chi connectivity index (χ2v) is 4.98. The molecule has 1 amide bonds. The maximum Gasteiger partial charge on any atom is 0.228 e. The van der Waals surface area contributed by atoms with Gasteiger partial charge in [0.25, 0.3) is 0 Å². The highest BCUT2D eigenvalue weighted by Crippen LogP contribution is 2.23. The molecule has 1 atom stereocenters. The van der Waals surface area contributed by atoms with Crippen molar-refractivity contribution < 1.29 is 9.53 Å². The van der Waals surface area contributed by atoms with Crippen molar-refractivity contribution in [2.24, 2.45) is 5.92 Å². The molecule has 0 spiro atoms. The lowest BCUT2D eigenvalue weighted by molar-refractivity contribution is -0.119. The number of carbonyl (C=O) groups is 1. The van der Waals surface area contributed by atoms with E-state index in [1.165, 1.54) is 0 Å². The monoisotopic (exact) mass is 355 g/mol. The van der Waals surface area contributed by atoms with Gasteiger partial charge in [0.05, 0.1) is 5.92 Å². The van der Waals surface area contributed by atoms with Crippen molar-refractivity contribution in [3.8, 4) is 11.6 Å². The van der Waals surface area contributed by atoms with E-state index >= 15 is 0 Å². The quantitative estimate of drug-likeness (QED) is 0.883. The fourth-order valence-electron chi connectivity index (χ4n) is 2.29. The van der Waals surface area contributed by atoms with E-state index in [4.69, 9.17) is 4.74 Å². The van der Waals surface area contributed by atoms with Gasteiger partial charge in [-0.3, -0.25) is 4.79 Å². The minimum Gasteiger partial charge on any atom is -0.439 e. The highest BCUT2D eigenvalue weighted by atomic mass is 35.5. The lowest BCUT2D eigenvalue weighted by Crippen LogP contribution is -2.24. The van der Waals surface area contributed by atoms with E-state index in [1.54, 1.807) is 18.3 Å². The third-order valence-corrected chi connectivity index (χ3v) is 3.39. The molecule has 2 aromatic rings. The number of benzene rings is 1. The van der Waals surface area contributed by atoms with Crippen molar-refractivity contribution in [3.05, 3.63) is 48.7 Å². The summed E-state index contributed by atoms with van der Waals surface area (Å²) >= 11 is 0. The Morgan fingerprint density at radius 2 is 2.09 bits per heavy atom. The zero-order valence-corrected chi connectivity index (χ0v) is 14.0. The number of nitrogens with one attached hydrogen (secondary N) is 2. The van der Waals surface area contributed by atoms with Crippen molar-refractivity contribution >= 4 is 36.4 Å². The van der Waals surface area contributed by atoms with Crippen molar-refractivity contribution in [3.63, 3.8) is 0 Å². The van der Waals surface area contributed by atoms with Crippen molar-refractivity contribution in [1.82, 2.24) is 10.3 Å². The molecule has 0 bridgehead atoms. The van der Waals surface area contributed by atoms with Crippen molar-refractivity contribution in [2.45, 2.75) is 6.42 Å². The SMILES string of the molecule is Cl.Cl.O=C(Nc1cccc(Oc2ccccn2)c1)C1CCNC1. The first-order valence-electron chi connectivity index (χ1n) is 7.02. The molecule has 2 N–H and O–H groups in total. The molecule has 7 heteroatoms. The Morgan fingerprint density at radius 1 is 1.22 bits per heavy atom. The van der Waals surface area contributed by atoms with E-state index in [-0.39, 0.29) is 36.6 Å². The molecule has 1 fully saturated rings. The molecule has 1 aromatic heterocycles. The first-order chi connectivity index (χ1) is 10.3. The Hall–Kier alpha value is -1.82. The maximum atomic E-state index is 12.1. The van der Waals surface area contributed by atoms with E-state index < -0.39 is 0 Å². The molecule has 1 unspecified atom stereocenters. The van der Waals surface area contributed by atoms with Crippen LogP contribution in [0.3, 0.4) is 0 Å². The number of anilines is 1. The molecular weight excluding hydrogens is 337 g/mol. The lowest BCUT2D eigenvalue weighted by atomic mass is 10.1. The van der Waals surface area contributed by atoms with Crippen LogP contribution < -0.4 is 15.4 Å². The number of halogens is 2. The van der Waals surface area contributed by atoms with E-state index in [1.807, 2.05) is 30.3 Å². The van der Waals surface area contributed by atoms with Crippen LogP contribution in [-0.2, 0) is 4.79 Å². The Balaban J connectivity index is 0.00000132. The summed E-state index contributed by atoms with van der Waals surface area (Å²) in [5, 5.41) is 6.12. The Labute approximate surface area is 147 Å². The topological polar surface area (TPSA) is 63.2 Å². The molecule has 1 saturated heterocycles. The van der Waals surface area contributed by atoms with E-state index in [2.05, 4.69) is 15.6 Å². The predicted octanol–water partition coefficient (Wildman–Crippen LogP) is 3.27. The third-order valence-electron chi connectivity index (χ3n) is 3.39. The van der Waals surface area contributed by atoms with Crippen LogP contribution in [0.4, 0.5) is 5.69 Å². The number of pyridine rings is 1.